The van der Waals surface area contributed by atoms with Gasteiger partial charge in [-0.1, -0.05) is 19.1 Å². The van der Waals surface area contributed by atoms with Crippen LogP contribution in [0, 0.1) is 40.9 Å². The molecule has 80 valence electrons. The largest absolute Gasteiger partial charge is 0.302 e. The minimum absolute atomic E-state index is 0.0190. The Bertz CT molecular complexity index is 358. The molecule has 3 fully saturated rings. The summed E-state index contributed by atoms with van der Waals surface area (Å²) in [7, 11) is 0. The van der Waals surface area contributed by atoms with Crippen molar-refractivity contribution in [1.29, 1.82) is 0 Å². The molecule has 0 saturated heterocycles. The van der Waals surface area contributed by atoms with Crippen molar-refractivity contribution in [2.75, 3.05) is 0 Å². The van der Waals surface area contributed by atoms with Gasteiger partial charge in [0.05, 0.1) is 0 Å². The Balaban J connectivity index is 1.82. The second-order valence-electron chi connectivity index (χ2n) is 6.43. The molecular formula is C14H18O. The standard InChI is InChI=1S/C14H18O/c1-8-4-10-5-11(8)12-9-2-3-14(6-9,7-15)13(10)12/h2-3,7-13H,4-6H2,1H3. The Morgan fingerprint density at radius 2 is 2.27 bits per heavy atom. The van der Waals surface area contributed by atoms with Crippen LogP contribution in [0.5, 0.6) is 0 Å². The van der Waals surface area contributed by atoms with Crippen LogP contribution in [0.4, 0.5) is 0 Å². The van der Waals surface area contributed by atoms with Crippen molar-refractivity contribution < 1.29 is 4.79 Å². The summed E-state index contributed by atoms with van der Waals surface area (Å²) in [6.45, 7) is 2.42. The van der Waals surface area contributed by atoms with Crippen molar-refractivity contribution in [3.05, 3.63) is 12.2 Å². The molecule has 0 aromatic carbocycles. The third kappa shape index (κ3) is 0.777. The highest BCUT2D eigenvalue weighted by molar-refractivity contribution is 5.67. The van der Waals surface area contributed by atoms with Crippen LogP contribution in [-0.4, -0.2) is 6.29 Å². The topological polar surface area (TPSA) is 17.1 Å². The number of hydrogen-bond acceptors (Lipinski definition) is 1. The van der Waals surface area contributed by atoms with Crippen LogP contribution in [-0.2, 0) is 4.79 Å². The molecule has 0 amide bonds. The smallest absolute Gasteiger partial charge is 0.130 e. The van der Waals surface area contributed by atoms with E-state index >= 15 is 0 Å². The summed E-state index contributed by atoms with van der Waals surface area (Å²) in [6.07, 6.45) is 9.83. The van der Waals surface area contributed by atoms with E-state index in [4.69, 9.17) is 0 Å². The molecule has 0 radical (unpaired) electrons. The molecule has 0 aromatic heterocycles. The first-order valence-corrected chi connectivity index (χ1v) is 6.41. The van der Waals surface area contributed by atoms with E-state index in [0.717, 1.165) is 41.9 Å². The Morgan fingerprint density at radius 3 is 3.07 bits per heavy atom. The molecule has 7 unspecified atom stereocenters. The summed E-state index contributed by atoms with van der Waals surface area (Å²) >= 11 is 0. The van der Waals surface area contributed by atoms with E-state index in [0.29, 0.717) is 0 Å². The van der Waals surface area contributed by atoms with E-state index in [2.05, 4.69) is 19.1 Å². The first-order chi connectivity index (χ1) is 7.25. The monoisotopic (exact) mass is 202 g/mol. The SMILES string of the molecule is CC1CC2CC1C1C3C=CC(C=O)(C3)C21. The highest BCUT2D eigenvalue weighted by Crippen LogP contribution is 2.70. The molecule has 15 heavy (non-hydrogen) atoms. The molecular weight excluding hydrogens is 184 g/mol. The van der Waals surface area contributed by atoms with Crippen LogP contribution in [0.25, 0.3) is 0 Å². The number of rotatable bonds is 1. The second kappa shape index (κ2) is 2.39. The summed E-state index contributed by atoms with van der Waals surface area (Å²) in [5.41, 5.74) is -0.0190. The van der Waals surface area contributed by atoms with Crippen LogP contribution in [0.1, 0.15) is 26.2 Å². The number of aldehydes is 1. The molecule has 4 aliphatic rings. The molecule has 7 atom stereocenters. The van der Waals surface area contributed by atoms with Crippen LogP contribution >= 0.6 is 0 Å². The lowest BCUT2D eigenvalue weighted by Gasteiger charge is -2.38. The van der Waals surface area contributed by atoms with Crippen molar-refractivity contribution >= 4 is 6.29 Å². The van der Waals surface area contributed by atoms with Gasteiger partial charge in [0.25, 0.3) is 0 Å². The Labute approximate surface area is 90.9 Å². The first-order valence-electron chi connectivity index (χ1n) is 6.41. The van der Waals surface area contributed by atoms with Crippen molar-refractivity contribution in [2.45, 2.75) is 26.2 Å². The molecule has 0 heterocycles. The zero-order valence-electron chi connectivity index (χ0n) is 9.23. The van der Waals surface area contributed by atoms with E-state index in [1.54, 1.807) is 0 Å². The van der Waals surface area contributed by atoms with Gasteiger partial charge in [0.1, 0.15) is 6.29 Å². The summed E-state index contributed by atoms with van der Waals surface area (Å²) in [5, 5.41) is 0. The molecule has 0 aliphatic heterocycles. The summed E-state index contributed by atoms with van der Waals surface area (Å²) < 4.78 is 0. The molecule has 3 saturated carbocycles. The van der Waals surface area contributed by atoms with Gasteiger partial charge in [0.2, 0.25) is 0 Å². The maximum Gasteiger partial charge on any atom is 0.130 e. The van der Waals surface area contributed by atoms with Crippen LogP contribution in [0.2, 0.25) is 0 Å². The first kappa shape index (κ1) is 8.55. The molecule has 0 N–H and O–H groups in total. The molecule has 4 bridgehead atoms. The Kier molecular flexibility index (Phi) is 1.36. The third-order valence-corrected chi connectivity index (χ3v) is 5.97. The van der Waals surface area contributed by atoms with Gasteiger partial charge in [-0.15, -0.1) is 0 Å². The highest BCUT2D eigenvalue weighted by atomic mass is 16.1. The Morgan fingerprint density at radius 1 is 1.40 bits per heavy atom. The maximum absolute atomic E-state index is 11.4. The van der Waals surface area contributed by atoms with Crippen LogP contribution in [0.15, 0.2) is 12.2 Å². The zero-order chi connectivity index (χ0) is 10.2. The van der Waals surface area contributed by atoms with Gasteiger partial charge < -0.3 is 4.79 Å². The quantitative estimate of drug-likeness (QED) is 0.363. The molecule has 0 aromatic rings. The molecule has 1 heteroatoms. The molecule has 4 rings (SSSR count). The normalized spacial score (nSPS) is 63.8. The fourth-order valence-corrected chi connectivity index (χ4v) is 5.65. The number of carbonyl (C=O) groups excluding carboxylic acids is 1. The van der Waals surface area contributed by atoms with Crippen molar-refractivity contribution in [3.8, 4) is 0 Å². The lowest BCUT2D eigenvalue weighted by atomic mass is 9.65. The predicted octanol–water partition coefficient (Wildman–Crippen LogP) is 2.67. The van der Waals surface area contributed by atoms with E-state index in [1.165, 1.54) is 19.1 Å². The van der Waals surface area contributed by atoms with Gasteiger partial charge in [0.15, 0.2) is 0 Å². The van der Waals surface area contributed by atoms with Crippen molar-refractivity contribution in [1.82, 2.24) is 0 Å². The van der Waals surface area contributed by atoms with E-state index in [-0.39, 0.29) is 5.41 Å². The number of hydrogen-bond donors (Lipinski definition) is 0. The summed E-state index contributed by atoms with van der Waals surface area (Å²) in [6, 6.07) is 0. The maximum atomic E-state index is 11.4. The fraction of sp³-hybridized carbons (Fsp3) is 0.786. The second-order valence-corrected chi connectivity index (χ2v) is 6.43. The zero-order valence-corrected chi connectivity index (χ0v) is 9.23. The minimum Gasteiger partial charge on any atom is -0.302 e. The van der Waals surface area contributed by atoms with Crippen LogP contribution < -0.4 is 0 Å². The summed E-state index contributed by atoms with van der Waals surface area (Å²) in [5.74, 6) is 5.08. The minimum atomic E-state index is -0.0190. The van der Waals surface area contributed by atoms with E-state index < -0.39 is 0 Å². The lowest BCUT2D eigenvalue weighted by Crippen LogP contribution is -2.36. The van der Waals surface area contributed by atoms with Crippen molar-refractivity contribution in [3.63, 3.8) is 0 Å². The van der Waals surface area contributed by atoms with Gasteiger partial charge in [-0.2, -0.15) is 0 Å². The van der Waals surface area contributed by atoms with Crippen LogP contribution in [0.3, 0.4) is 0 Å². The molecule has 4 aliphatic carbocycles. The lowest BCUT2D eigenvalue weighted by molar-refractivity contribution is -0.116. The van der Waals surface area contributed by atoms with E-state index in [9.17, 15) is 4.79 Å². The number of allylic oxidation sites excluding steroid dienone is 2. The van der Waals surface area contributed by atoms with Gasteiger partial charge >= 0.3 is 0 Å². The van der Waals surface area contributed by atoms with E-state index in [1.807, 2.05) is 0 Å². The molecule has 0 spiro atoms. The highest BCUT2D eigenvalue weighted by Gasteiger charge is 2.65. The predicted molar refractivity (Wildman–Crippen MR) is 58.1 cm³/mol. The summed E-state index contributed by atoms with van der Waals surface area (Å²) in [4.78, 5) is 11.4. The van der Waals surface area contributed by atoms with Gasteiger partial charge in [-0.05, 0) is 54.8 Å². The van der Waals surface area contributed by atoms with Gasteiger partial charge in [-0.25, -0.2) is 0 Å². The Hall–Kier alpha value is -0.590. The third-order valence-electron chi connectivity index (χ3n) is 5.97. The average molecular weight is 202 g/mol. The fourth-order valence-electron chi connectivity index (χ4n) is 5.65. The number of carbonyl (C=O) groups is 1. The number of fused-ring (bicyclic) bond motifs is 9. The van der Waals surface area contributed by atoms with Gasteiger partial charge in [-0.3, -0.25) is 0 Å². The average Bonchev–Trinajstić information content (AvgIpc) is 2.92. The van der Waals surface area contributed by atoms with Crippen molar-refractivity contribution in [2.24, 2.45) is 40.9 Å². The van der Waals surface area contributed by atoms with Gasteiger partial charge in [0, 0.05) is 5.41 Å². The molecule has 1 nitrogen and oxygen atoms in total.